The quantitative estimate of drug-likeness (QED) is 0.0366. The van der Waals surface area contributed by atoms with Crippen molar-refractivity contribution in [1.82, 2.24) is 0 Å². The van der Waals surface area contributed by atoms with Crippen molar-refractivity contribution >= 4 is 22.1 Å². The molecule has 0 amide bonds. The first-order valence-corrected chi connectivity index (χ1v) is 28.2. The lowest BCUT2D eigenvalue weighted by molar-refractivity contribution is -0.929. The van der Waals surface area contributed by atoms with Crippen LogP contribution in [0.1, 0.15) is 262 Å². The zero-order valence-electron chi connectivity index (χ0n) is 43.1. The molecule has 0 fully saturated rings. The van der Waals surface area contributed by atoms with Crippen LogP contribution in [-0.2, 0) is 19.7 Å². The Balaban J connectivity index is -0.000000888. The lowest BCUT2D eigenvalue weighted by atomic mass is 9.82. The van der Waals surface area contributed by atoms with E-state index in [4.69, 9.17) is 0 Å². The predicted octanol–water partition coefficient (Wildman–Crippen LogP) is 12.2. The Bertz CT molecular complexity index is 1010. The van der Waals surface area contributed by atoms with Gasteiger partial charge in [-0.2, -0.15) is 8.42 Å². The van der Waals surface area contributed by atoms with Gasteiger partial charge in [0.2, 0.25) is 0 Å². The predicted molar refractivity (Wildman–Crippen MR) is 262 cm³/mol. The molecule has 0 radical (unpaired) electrons. The summed E-state index contributed by atoms with van der Waals surface area (Å²) in [4.78, 5) is 23.5. The molecule has 1 N–H and O–H groups in total. The van der Waals surface area contributed by atoms with Gasteiger partial charge in [0.05, 0.1) is 58.3 Å². The van der Waals surface area contributed by atoms with Gasteiger partial charge in [-0.15, -0.1) is 0 Å². The molecule has 0 aromatic heterocycles. The molecule has 0 spiro atoms. The number of hydrogen-bond donors (Lipinski definition) is 1. The normalized spacial score (nSPS) is 13.4. The number of nitrogens with zero attached hydrogens (tertiary/aromatic N) is 2. The van der Waals surface area contributed by atoms with Crippen LogP contribution in [0.5, 0.6) is 0 Å². The second-order valence-electron chi connectivity index (χ2n) is 18.9. The maximum absolute atomic E-state index is 12.0. The first-order valence-electron chi connectivity index (χ1n) is 26.7. The summed E-state index contributed by atoms with van der Waals surface area (Å²) in [6, 6.07) is 0. The van der Waals surface area contributed by atoms with Gasteiger partial charge in [0.1, 0.15) is 4.75 Å². The third-order valence-electron chi connectivity index (χ3n) is 13.3. The molecule has 0 aromatic rings. The maximum atomic E-state index is 12.0. The average Bonchev–Trinajstić information content (AvgIpc) is 3.25. The van der Waals surface area contributed by atoms with Gasteiger partial charge < -0.3 is 28.8 Å². The molecule has 0 bridgehead atoms. The molecule has 0 aliphatic rings. The SMILES string of the molecule is CCCCCCCCC(C(=O)[O-])C(CCCCCCCC)(C(=O)[O-])S(=O)(=O)O.CCCC[N+](CCCC)(CCCC)CCCC.CCCC[N+](CCCC)(CCCC)CCCC. The van der Waals surface area contributed by atoms with Crippen molar-refractivity contribution in [1.29, 1.82) is 0 Å². The Kier molecular flexibility index (Phi) is 44.5. The molecule has 0 heterocycles. The van der Waals surface area contributed by atoms with Crippen LogP contribution in [0.25, 0.3) is 0 Å². The topological polar surface area (TPSA) is 135 Å². The molecule has 62 heavy (non-hydrogen) atoms. The Morgan fingerprint density at radius 1 is 0.419 bits per heavy atom. The highest BCUT2D eigenvalue weighted by Crippen LogP contribution is 2.36. The van der Waals surface area contributed by atoms with Crippen molar-refractivity contribution in [2.75, 3.05) is 52.4 Å². The molecular weight excluding hydrogens is 797 g/mol. The number of quaternary nitrogens is 2. The lowest BCUT2D eigenvalue weighted by Crippen LogP contribution is -2.62. The average molecular weight is 906 g/mol. The summed E-state index contributed by atoms with van der Waals surface area (Å²) in [6.07, 6.45) is 30.9. The van der Waals surface area contributed by atoms with Crippen LogP contribution in [0.15, 0.2) is 0 Å². The fourth-order valence-corrected chi connectivity index (χ4v) is 10.1. The minimum atomic E-state index is -5.20. The van der Waals surface area contributed by atoms with Crippen molar-refractivity contribution in [2.45, 2.75) is 267 Å². The first kappa shape index (κ1) is 65.1. The van der Waals surface area contributed by atoms with Crippen LogP contribution < -0.4 is 10.2 Å². The second-order valence-corrected chi connectivity index (χ2v) is 20.6. The summed E-state index contributed by atoms with van der Waals surface area (Å²) < 4.78 is 33.7. The summed E-state index contributed by atoms with van der Waals surface area (Å²) in [5, 5.41) is 23.5. The third kappa shape index (κ3) is 30.1. The van der Waals surface area contributed by atoms with Gasteiger partial charge in [-0.25, -0.2) is 0 Å². The lowest BCUT2D eigenvalue weighted by Gasteiger charge is -2.39. The number of hydrogen-bond acceptors (Lipinski definition) is 6. The molecule has 0 aliphatic heterocycles. The van der Waals surface area contributed by atoms with Crippen LogP contribution in [0.3, 0.4) is 0 Å². The number of rotatable bonds is 42. The Hall–Kier alpha value is -1.23. The van der Waals surface area contributed by atoms with Gasteiger partial charge in [0.15, 0.2) is 0 Å². The van der Waals surface area contributed by atoms with E-state index in [0.717, 1.165) is 51.4 Å². The van der Waals surface area contributed by atoms with Crippen LogP contribution in [-0.4, -0.2) is 91.0 Å². The summed E-state index contributed by atoms with van der Waals surface area (Å²) in [6.45, 7) is 34.1. The van der Waals surface area contributed by atoms with Crippen molar-refractivity contribution in [3.8, 4) is 0 Å². The first-order chi connectivity index (χ1) is 29.6. The third-order valence-corrected chi connectivity index (χ3v) is 14.9. The summed E-state index contributed by atoms with van der Waals surface area (Å²) >= 11 is 0. The van der Waals surface area contributed by atoms with Gasteiger partial charge in [-0.3, -0.25) is 4.55 Å². The van der Waals surface area contributed by atoms with E-state index in [2.05, 4.69) is 62.3 Å². The van der Waals surface area contributed by atoms with Crippen molar-refractivity contribution < 1.29 is 41.7 Å². The molecule has 10 heteroatoms. The Labute approximate surface area is 387 Å². The molecule has 0 saturated heterocycles. The van der Waals surface area contributed by atoms with Gasteiger partial charge in [0, 0.05) is 11.9 Å². The van der Waals surface area contributed by atoms with Gasteiger partial charge in [-0.05, 0) is 64.2 Å². The van der Waals surface area contributed by atoms with Gasteiger partial charge in [0.25, 0.3) is 10.1 Å². The van der Waals surface area contributed by atoms with E-state index in [-0.39, 0.29) is 12.8 Å². The molecule has 0 saturated carbocycles. The van der Waals surface area contributed by atoms with Crippen LogP contribution in [0.4, 0.5) is 0 Å². The van der Waals surface area contributed by atoms with Crippen LogP contribution in [0, 0.1) is 5.92 Å². The maximum Gasteiger partial charge on any atom is 0.276 e. The Morgan fingerprint density at radius 3 is 0.887 bits per heavy atom. The van der Waals surface area contributed by atoms with E-state index in [1.165, 1.54) is 164 Å². The summed E-state index contributed by atoms with van der Waals surface area (Å²) in [5.41, 5.74) is 0. The van der Waals surface area contributed by atoms with Crippen LogP contribution in [0.2, 0.25) is 0 Å². The monoisotopic (exact) mass is 905 g/mol. The largest absolute Gasteiger partial charge is 0.550 e. The highest BCUT2D eigenvalue weighted by molar-refractivity contribution is 7.88. The summed E-state index contributed by atoms with van der Waals surface area (Å²) in [7, 11) is -5.20. The standard InChI is InChI=1S/C20H38O7S.2C16H36N/c1-3-5-7-9-11-13-15-17(18(21)22)20(19(23)24,28(25,26)27)16-14-12-10-8-6-4-2;2*1-5-9-13-17(14-10-6-2,15-11-7-3)16-12-8-4/h17H,3-16H2,1-2H3,(H,21,22)(H,23,24)(H,25,26,27);2*5-16H2,1-4H3/q;2*+1/p-2. The minimum absolute atomic E-state index is 0.178. The van der Waals surface area contributed by atoms with E-state index < -0.39 is 39.1 Å². The number of carboxylic acids is 2. The van der Waals surface area contributed by atoms with Gasteiger partial charge in [-0.1, -0.05) is 198 Å². The van der Waals surface area contributed by atoms with Crippen molar-refractivity contribution in [3.05, 3.63) is 0 Å². The summed E-state index contributed by atoms with van der Waals surface area (Å²) in [5.74, 6) is -5.68. The fourth-order valence-electron chi connectivity index (χ4n) is 8.96. The number of carbonyl (C=O) groups is 2. The van der Waals surface area contributed by atoms with E-state index >= 15 is 0 Å². The number of aliphatic carboxylic acids is 2. The Morgan fingerprint density at radius 2 is 0.661 bits per heavy atom. The minimum Gasteiger partial charge on any atom is -0.550 e. The van der Waals surface area contributed by atoms with Crippen molar-refractivity contribution in [2.24, 2.45) is 5.92 Å². The zero-order valence-corrected chi connectivity index (χ0v) is 44.0. The fraction of sp³-hybridized carbons (Fsp3) is 0.962. The van der Waals surface area contributed by atoms with E-state index in [1.807, 2.05) is 6.92 Å². The van der Waals surface area contributed by atoms with Crippen molar-refractivity contribution in [3.63, 3.8) is 0 Å². The molecule has 2 unspecified atom stereocenters. The highest BCUT2D eigenvalue weighted by Gasteiger charge is 2.51. The smallest absolute Gasteiger partial charge is 0.276 e. The molecule has 374 valence electrons. The molecule has 9 nitrogen and oxygen atoms in total. The number of carbonyl (C=O) groups excluding carboxylic acids is 2. The second kappa shape index (κ2) is 42.4. The molecule has 0 aromatic carbocycles. The molecule has 0 aliphatic carbocycles. The van der Waals surface area contributed by atoms with E-state index in [9.17, 15) is 32.8 Å². The molecule has 0 rings (SSSR count). The van der Waals surface area contributed by atoms with Gasteiger partial charge >= 0.3 is 0 Å². The molecule has 2 atom stereocenters. The van der Waals surface area contributed by atoms with E-state index in [0.29, 0.717) is 19.3 Å². The number of unbranched alkanes of at least 4 members (excludes halogenated alkanes) is 18. The van der Waals surface area contributed by atoms with Crippen LogP contribution >= 0.6 is 0 Å². The number of carboxylic acid groups (broad SMARTS) is 2. The highest BCUT2D eigenvalue weighted by atomic mass is 32.2. The zero-order chi connectivity index (χ0) is 47.6. The molecular formula is C52H108N2O7S. The van der Waals surface area contributed by atoms with E-state index in [1.54, 1.807) is 0 Å².